The summed E-state index contributed by atoms with van der Waals surface area (Å²) in [6.07, 6.45) is 3.80. The minimum Gasteiger partial charge on any atom is -0.279 e. The predicted octanol–water partition coefficient (Wildman–Crippen LogP) is 4.68. The lowest BCUT2D eigenvalue weighted by atomic mass is 10.1. The van der Waals surface area contributed by atoms with Crippen molar-refractivity contribution in [3.8, 4) is 0 Å². The third-order valence-electron chi connectivity index (χ3n) is 2.86. The molecule has 2 aromatic rings. The number of hydrogen-bond acceptors (Lipinski definition) is 2. The second-order valence-corrected chi connectivity index (χ2v) is 4.82. The molecule has 98 valence electrons. The number of aryl methyl sites for hydroxylation is 2. The van der Waals surface area contributed by atoms with Crippen LogP contribution >= 0.6 is 11.6 Å². The Morgan fingerprint density at radius 3 is 2.68 bits per heavy atom. The van der Waals surface area contributed by atoms with Gasteiger partial charge in [-0.1, -0.05) is 48.0 Å². The van der Waals surface area contributed by atoms with E-state index in [0.29, 0.717) is 0 Å². The van der Waals surface area contributed by atoms with Crippen LogP contribution in [0.2, 0.25) is 5.02 Å². The van der Waals surface area contributed by atoms with Gasteiger partial charge in [-0.3, -0.25) is 5.43 Å². The summed E-state index contributed by atoms with van der Waals surface area (Å²) in [7, 11) is 0. The fraction of sp³-hybridized carbons (Fsp3) is 0.188. The van der Waals surface area contributed by atoms with Crippen LogP contribution in [0.1, 0.15) is 17.5 Å². The molecule has 0 atom stereocenters. The van der Waals surface area contributed by atoms with Crippen LogP contribution in [0.4, 0.5) is 5.69 Å². The van der Waals surface area contributed by atoms with E-state index in [1.807, 2.05) is 37.4 Å². The Balaban J connectivity index is 1.79. The van der Waals surface area contributed by atoms with Crippen LogP contribution in [0.25, 0.3) is 0 Å². The molecule has 0 aromatic heterocycles. The summed E-state index contributed by atoms with van der Waals surface area (Å²) < 4.78 is 0. The van der Waals surface area contributed by atoms with E-state index in [1.54, 1.807) is 0 Å². The van der Waals surface area contributed by atoms with Crippen LogP contribution in [0.15, 0.2) is 53.6 Å². The maximum absolute atomic E-state index is 6.04. The fourth-order valence-electron chi connectivity index (χ4n) is 1.72. The second-order valence-electron chi connectivity index (χ2n) is 4.41. The molecule has 1 N–H and O–H groups in total. The molecule has 2 rings (SSSR count). The zero-order valence-electron chi connectivity index (χ0n) is 10.9. The third-order valence-corrected chi connectivity index (χ3v) is 3.27. The Kier molecular flexibility index (Phi) is 4.99. The van der Waals surface area contributed by atoms with Gasteiger partial charge in [0.2, 0.25) is 0 Å². The Morgan fingerprint density at radius 2 is 1.95 bits per heavy atom. The number of rotatable bonds is 5. The summed E-state index contributed by atoms with van der Waals surface area (Å²) >= 11 is 6.04. The lowest BCUT2D eigenvalue weighted by Crippen LogP contribution is -1.91. The molecule has 0 saturated carbocycles. The fourth-order valence-corrected chi connectivity index (χ4v) is 1.90. The largest absolute Gasteiger partial charge is 0.279 e. The van der Waals surface area contributed by atoms with Gasteiger partial charge in [0.25, 0.3) is 0 Å². The van der Waals surface area contributed by atoms with E-state index < -0.39 is 0 Å². The van der Waals surface area contributed by atoms with E-state index in [1.165, 1.54) is 5.56 Å². The van der Waals surface area contributed by atoms with Gasteiger partial charge in [-0.15, -0.1) is 0 Å². The highest BCUT2D eigenvalue weighted by atomic mass is 35.5. The number of nitrogens with one attached hydrogen (secondary N) is 1. The van der Waals surface area contributed by atoms with Crippen molar-refractivity contribution in [1.29, 1.82) is 0 Å². The minimum atomic E-state index is 0.754. The number of hydrazone groups is 1. The molecule has 0 amide bonds. The molecule has 0 unspecified atom stereocenters. The van der Waals surface area contributed by atoms with Crippen LogP contribution < -0.4 is 5.43 Å². The highest BCUT2D eigenvalue weighted by molar-refractivity contribution is 6.31. The van der Waals surface area contributed by atoms with Crippen molar-refractivity contribution in [3.63, 3.8) is 0 Å². The molecule has 0 aliphatic heterocycles. The van der Waals surface area contributed by atoms with Crippen LogP contribution in [0, 0.1) is 6.92 Å². The molecule has 0 bridgehead atoms. The number of hydrogen-bond donors (Lipinski definition) is 1. The van der Waals surface area contributed by atoms with Crippen LogP contribution in [-0.2, 0) is 6.42 Å². The third kappa shape index (κ3) is 4.42. The average Bonchev–Trinajstić information content (AvgIpc) is 2.43. The topological polar surface area (TPSA) is 24.4 Å². The first-order valence-corrected chi connectivity index (χ1v) is 6.71. The summed E-state index contributed by atoms with van der Waals surface area (Å²) in [6.45, 7) is 1.98. The van der Waals surface area contributed by atoms with Gasteiger partial charge < -0.3 is 0 Å². The first-order valence-electron chi connectivity index (χ1n) is 6.33. The van der Waals surface area contributed by atoms with Gasteiger partial charge in [0.1, 0.15) is 0 Å². The molecule has 2 aromatic carbocycles. The number of nitrogens with zero attached hydrogens (tertiary/aromatic N) is 1. The molecule has 0 radical (unpaired) electrons. The molecular formula is C16H17ClN2. The highest BCUT2D eigenvalue weighted by Crippen LogP contribution is 2.19. The van der Waals surface area contributed by atoms with Gasteiger partial charge in [0.05, 0.1) is 5.69 Å². The minimum absolute atomic E-state index is 0.754. The van der Waals surface area contributed by atoms with Crippen molar-refractivity contribution in [2.24, 2.45) is 5.10 Å². The van der Waals surface area contributed by atoms with E-state index in [-0.39, 0.29) is 0 Å². The first-order chi connectivity index (χ1) is 9.25. The van der Waals surface area contributed by atoms with Gasteiger partial charge in [-0.25, -0.2) is 0 Å². The monoisotopic (exact) mass is 272 g/mol. The van der Waals surface area contributed by atoms with E-state index >= 15 is 0 Å². The van der Waals surface area contributed by atoms with Gasteiger partial charge in [0, 0.05) is 11.2 Å². The smallest absolute Gasteiger partial charge is 0.0576 e. The van der Waals surface area contributed by atoms with Crippen molar-refractivity contribution in [1.82, 2.24) is 0 Å². The van der Waals surface area contributed by atoms with E-state index in [0.717, 1.165) is 29.1 Å². The maximum atomic E-state index is 6.04. The SMILES string of the molecule is Cc1ccc(NN=CCCc2ccccc2)cc1Cl. The van der Waals surface area contributed by atoms with Crippen molar-refractivity contribution in [3.05, 3.63) is 64.7 Å². The van der Waals surface area contributed by atoms with Crippen molar-refractivity contribution in [2.75, 3.05) is 5.43 Å². The lowest BCUT2D eigenvalue weighted by molar-refractivity contribution is 1.05. The molecule has 0 heterocycles. The Hall–Kier alpha value is -1.80. The van der Waals surface area contributed by atoms with Gasteiger partial charge in [-0.05, 0) is 43.0 Å². The molecule has 0 saturated heterocycles. The number of halogens is 1. The van der Waals surface area contributed by atoms with E-state index in [2.05, 4.69) is 34.8 Å². The average molecular weight is 273 g/mol. The molecule has 0 aliphatic rings. The first kappa shape index (κ1) is 13.6. The molecule has 19 heavy (non-hydrogen) atoms. The van der Waals surface area contributed by atoms with Crippen molar-refractivity contribution >= 4 is 23.5 Å². The lowest BCUT2D eigenvalue weighted by Gasteiger charge is -2.02. The number of anilines is 1. The van der Waals surface area contributed by atoms with Crippen LogP contribution in [0.5, 0.6) is 0 Å². The molecule has 2 nitrogen and oxygen atoms in total. The molecule has 0 spiro atoms. The van der Waals surface area contributed by atoms with Gasteiger partial charge >= 0.3 is 0 Å². The van der Waals surface area contributed by atoms with Crippen molar-refractivity contribution < 1.29 is 0 Å². The zero-order chi connectivity index (χ0) is 13.5. The highest BCUT2D eigenvalue weighted by Gasteiger charge is 1.95. The summed E-state index contributed by atoms with van der Waals surface area (Å²) in [4.78, 5) is 0. The molecule has 0 aliphatic carbocycles. The normalized spacial score (nSPS) is 10.8. The molecular weight excluding hydrogens is 256 g/mol. The van der Waals surface area contributed by atoms with Gasteiger partial charge in [-0.2, -0.15) is 5.10 Å². The Labute approximate surface area is 119 Å². The summed E-state index contributed by atoms with van der Waals surface area (Å²) in [5, 5.41) is 4.95. The van der Waals surface area contributed by atoms with Crippen LogP contribution in [-0.4, -0.2) is 6.21 Å². The predicted molar refractivity (Wildman–Crippen MR) is 83.1 cm³/mol. The summed E-state index contributed by atoms with van der Waals surface area (Å²) in [5.41, 5.74) is 6.29. The maximum Gasteiger partial charge on any atom is 0.0576 e. The van der Waals surface area contributed by atoms with E-state index in [9.17, 15) is 0 Å². The number of benzene rings is 2. The zero-order valence-corrected chi connectivity index (χ0v) is 11.7. The molecule has 0 fully saturated rings. The standard InChI is InChI=1S/C16H17ClN2/c1-13-9-10-15(12-16(13)17)19-18-11-5-8-14-6-3-2-4-7-14/h2-4,6-7,9-12,19H,5,8H2,1H3. The summed E-state index contributed by atoms with van der Waals surface area (Å²) in [6, 6.07) is 16.2. The summed E-state index contributed by atoms with van der Waals surface area (Å²) in [5.74, 6) is 0. The molecule has 3 heteroatoms. The Bertz CT molecular complexity index is 550. The quantitative estimate of drug-likeness (QED) is 0.620. The van der Waals surface area contributed by atoms with Crippen molar-refractivity contribution in [2.45, 2.75) is 19.8 Å². The Morgan fingerprint density at radius 1 is 1.16 bits per heavy atom. The van der Waals surface area contributed by atoms with Crippen LogP contribution in [0.3, 0.4) is 0 Å². The van der Waals surface area contributed by atoms with Gasteiger partial charge in [0.15, 0.2) is 0 Å². The van der Waals surface area contributed by atoms with E-state index in [4.69, 9.17) is 11.6 Å². The second kappa shape index (κ2) is 6.95.